The number of nitrogens with one attached hydrogen (secondary N) is 2. The fourth-order valence-corrected chi connectivity index (χ4v) is 1.66. The van der Waals surface area contributed by atoms with E-state index in [4.69, 9.17) is 4.74 Å². The second-order valence-electron chi connectivity index (χ2n) is 4.45. The molecule has 0 aromatic heterocycles. The van der Waals surface area contributed by atoms with E-state index in [1.807, 2.05) is 31.7 Å². The number of thioether (sulfide) groups is 1. The van der Waals surface area contributed by atoms with Gasteiger partial charge < -0.3 is 15.4 Å². The molecule has 0 saturated carbocycles. The van der Waals surface area contributed by atoms with Crippen LogP contribution in [0.1, 0.15) is 20.8 Å². The molecule has 19 heavy (non-hydrogen) atoms. The van der Waals surface area contributed by atoms with Gasteiger partial charge in [0.25, 0.3) is 0 Å². The summed E-state index contributed by atoms with van der Waals surface area (Å²) < 4.78 is 5.35. The van der Waals surface area contributed by atoms with Crippen LogP contribution < -0.4 is 10.6 Å². The minimum absolute atomic E-state index is 0. The Balaban J connectivity index is 0. The maximum atomic E-state index is 5.35. The molecule has 0 heterocycles. The molecular formula is C13H28IN3OS. The van der Waals surface area contributed by atoms with Crippen LogP contribution in [-0.2, 0) is 4.74 Å². The van der Waals surface area contributed by atoms with Gasteiger partial charge in [-0.05, 0) is 20.8 Å². The van der Waals surface area contributed by atoms with E-state index < -0.39 is 0 Å². The molecule has 0 unspecified atom stereocenters. The minimum atomic E-state index is -0.222. The van der Waals surface area contributed by atoms with Crippen molar-refractivity contribution in [3.05, 3.63) is 12.7 Å². The van der Waals surface area contributed by atoms with Crippen LogP contribution in [0.15, 0.2) is 17.6 Å². The minimum Gasteiger partial charge on any atom is -0.377 e. The smallest absolute Gasteiger partial charge is 0.191 e. The van der Waals surface area contributed by atoms with Crippen LogP contribution >= 0.6 is 35.7 Å². The van der Waals surface area contributed by atoms with Crippen molar-refractivity contribution in [2.75, 3.05) is 38.2 Å². The van der Waals surface area contributed by atoms with E-state index in [0.29, 0.717) is 6.54 Å². The molecule has 0 aromatic rings. The molecule has 0 spiro atoms. The fourth-order valence-electron chi connectivity index (χ4n) is 1.08. The van der Waals surface area contributed by atoms with Crippen molar-refractivity contribution in [2.24, 2.45) is 4.99 Å². The van der Waals surface area contributed by atoms with Crippen molar-refractivity contribution >= 4 is 41.7 Å². The van der Waals surface area contributed by atoms with Crippen LogP contribution in [0.25, 0.3) is 0 Å². The van der Waals surface area contributed by atoms with Gasteiger partial charge in [0.05, 0.1) is 12.1 Å². The van der Waals surface area contributed by atoms with Gasteiger partial charge in [-0.1, -0.05) is 6.08 Å². The van der Waals surface area contributed by atoms with Crippen LogP contribution in [0.2, 0.25) is 0 Å². The third kappa shape index (κ3) is 12.8. The van der Waals surface area contributed by atoms with Crippen LogP contribution in [-0.4, -0.2) is 49.8 Å². The van der Waals surface area contributed by atoms with Crippen molar-refractivity contribution in [1.29, 1.82) is 0 Å². The second kappa shape index (κ2) is 13.1. The highest BCUT2D eigenvalue weighted by Crippen LogP contribution is 2.06. The first-order chi connectivity index (χ1) is 8.55. The zero-order valence-electron chi connectivity index (χ0n) is 12.5. The summed E-state index contributed by atoms with van der Waals surface area (Å²) in [7, 11) is 1.71. The molecule has 0 aliphatic rings. The highest BCUT2D eigenvalue weighted by molar-refractivity contribution is 14.0. The summed E-state index contributed by atoms with van der Waals surface area (Å²) in [6, 6.07) is 0. The highest BCUT2D eigenvalue weighted by Gasteiger charge is 2.15. The number of aliphatic imine (C=N–C) groups is 1. The van der Waals surface area contributed by atoms with Crippen molar-refractivity contribution in [3.8, 4) is 0 Å². The average Bonchev–Trinajstić information content (AvgIpc) is 2.35. The van der Waals surface area contributed by atoms with E-state index in [-0.39, 0.29) is 29.6 Å². The van der Waals surface area contributed by atoms with Gasteiger partial charge in [0.15, 0.2) is 5.96 Å². The predicted molar refractivity (Wildman–Crippen MR) is 98.0 cm³/mol. The monoisotopic (exact) mass is 401 g/mol. The number of guanidine groups is 1. The van der Waals surface area contributed by atoms with E-state index in [1.54, 1.807) is 7.11 Å². The molecule has 0 bridgehead atoms. The zero-order valence-corrected chi connectivity index (χ0v) is 15.6. The Labute approximate surface area is 139 Å². The van der Waals surface area contributed by atoms with Crippen molar-refractivity contribution in [2.45, 2.75) is 26.4 Å². The first-order valence-electron chi connectivity index (χ1n) is 6.31. The summed E-state index contributed by atoms with van der Waals surface area (Å²) in [6.07, 6.45) is 1.92. The van der Waals surface area contributed by atoms with Crippen LogP contribution in [0.3, 0.4) is 0 Å². The normalized spacial score (nSPS) is 11.7. The van der Waals surface area contributed by atoms with Gasteiger partial charge in [0.1, 0.15) is 0 Å². The highest BCUT2D eigenvalue weighted by atomic mass is 127. The lowest BCUT2D eigenvalue weighted by atomic mass is 10.1. The molecule has 0 aliphatic carbocycles. The lowest BCUT2D eigenvalue weighted by molar-refractivity contribution is 0.0311. The van der Waals surface area contributed by atoms with Gasteiger partial charge in [-0.2, -0.15) is 11.8 Å². The molecule has 0 aromatic carbocycles. The molecule has 0 fully saturated rings. The first-order valence-corrected chi connectivity index (χ1v) is 7.47. The maximum Gasteiger partial charge on any atom is 0.191 e. The first kappa shape index (κ1) is 21.4. The number of halogens is 1. The Bertz CT molecular complexity index is 260. The van der Waals surface area contributed by atoms with Crippen LogP contribution in [0.5, 0.6) is 0 Å². The van der Waals surface area contributed by atoms with Gasteiger partial charge in [0, 0.05) is 31.7 Å². The molecule has 0 atom stereocenters. The summed E-state index contributed by atoms with van der Waals surface area (Å²) in [5.74, 6) is 2.89. The fraction of sp³-hybridized carbons (Fsp3) is 0.769. The van der Waals surface area contributed by atoms with Gasteiger partial charge >= 0.3 is 0 Å². The molecule has 0 saturated heterocycles. The Morgan fingerprint density at radius 1 is 1.42 bits per heavy atom. The molecule has 0 rings (SSSR count). The summed E-state index contributed by atoms with van der Waals surface area (Å²) >= 11 is 1.85. The molecular weight excluding hydrogens is 373 g/mol. The third-order valence-electron chi connectivity index (χ3n) is 2.29. The second-order valence-corrected chi connectivity index (χ2v) is 5.60. The summed E-state index contributed by atoms with van der Waals surface area (Å²) in [4.78, 5) is 4.51. The van der Waals surface area contributed by atoms with Gasteiger partial charge in [-0.15, -0.1) is 30.6 Å². The molecule has 0 aliphatic heterocycles. The molecule has 0 amide bonds. The predicted octanol–water partition coefficient (Wildman–Crippen LogP) is 2.50. The van der Waals surface area contributed by atoms with E-state index in [0.717, 1.165) is 30.6 Å². The van der Waals surface area contributed by atoms with E-state index in [9.17, 15) is 0 Å². The number of hydrogen-bond donors (Lipinski definition) is 2. The van der Waals surface area contributed by atoms with Crippen molar-refractivity contribution in [1.82, 2.24) is 10.6 Å². The Hall–Kier alpha value is 0.0500. The van der Waals surface area contributed by atoms with E-state index in [2.05, 4.69) is 29.1 Å². The lowest BCUT2D eigenvalue weighted by Crippen LogP contribution is -2.40. The van der Waals surface area contributed by atoms with Crippen LogP contribution in [0.4, 0.5) is 0 Å². The van der Waals surface area contributed by atoms with Crippen LogP contribution in [0, 0.1) is 0 Å². The SMILES string of the molecule is C=CCSCCNC(=NCC(C)(C)OC)NCC.I. The molecule has 2 N–H and O–H groups in total. The molecule has 0 radical (unpaired) electrons. The Kier molecular flexibility index (Phi) is 14.7. The summed E-state index contributed by atoms with van der Waals surface area (Å²) in [5.41, 5.74) is -0.222. The largest absolute Gasteiger partial charge is 0.377 e. The Morgan fingerprint density at radius 2 is 2.11 bits per heavy atom. The number of nitrogens with zero attached hydrogens (tertiary/aromatic N) is 1. The van der Waals surface area contributed by atoms with E-state index in [1.165, 1.54) is 0 Å². The summed E-state index contributed by atoms with van der Waals surface area (Å²) in [6.45, 7) is 12.2. The quantitative estimate of drug-likeness (QED) is 0.205. The lowest BCUT2D eigenvalue weighted by Gasteiger charge is -2.21. The Morgan fingerprint density at radius 3 is 2.63 bits per heavy atom. The number of methoxy groups -OCH3 is 1. The van der Waals surface area contributed by atoms with Gasteiger partial charge in [-0.3, -0.25) is 4.99 Å². The number of ether oxygens (including phenoxy) is 1. The zero-order chi connectivity index (χ0) is 13.9. The van der Waals surface area contributed by atoms with Crippen molar-refractivity contribution in [3.63, 3.8) is 0 Å². The van der Waals surface area contributed by atoms with E-state index >= 15 is 0 Å². The number of hydrogen-bond acceptors (Lipinski definition) is 3. The topological polar surface area (TPSA) is 45.7 Å². The number of rotatable bonds is 9. The van der Waals surface area contributed by atoms with Crippen molar-refractivity contribution < 1.29 is 4.74 Å². The standard InChI is InChI=1S/C13H27N3OS.HI/c1-6-9-18-10-8-15-12(14-7-2)16-11-13(3,4)17-5;/h6H,1,7-11H2,2-5H3,(H2,14,15,16);1H. The molecule has 114 valence electrons. The third-order valence-corrected chi connectivity index (χ3v) is 3.25. The van der Waals surface area contributed by atoms with Gasteiger partial charge in [0.2, 0.25) is 0 Å². The molecule has 4 nitrogen and oxygen atoms in total. The average molecular weight is 401 g/mol. The van der Waals surface area contributed by atoms with Gasteiger partial charge in [-0.25, -0.2) is 0 Å². The maximum absolute atomic E-state index is 5.35. The molecule has 6 heteroatoms. The summed E-state index contributed by atoms with van der Waals surface area (Å²) in [5, 5.41) is 6.53.